The van der Waals surface area contributed by atoms with Crippen LogP contribution in [0.1, 0.15) is 25.3 Å². The number of aromatic amines is 1. The Morgan fingerprint density at radius 3 is 2.71 bits per heavy atom. The summed E-state index contributed by atoms with van der Waals surface area (Å²) >= 11 is 0. The number of carbonyl (C=O) groups is 1. The van der Waals surface area contributed by atoms with Crippen molar-refractivity contribution in [2.45, 2.75) is 32.0 Å². The number of rotatable bonds is 5. The SMILES string of the molecule is CCCC(O)CNC(=O)Nc1cc(C(F)(F)F)c[nH]c1=O. The van der Waals surface area contributed by atoms with Crippen LogP contribution in [0.25, 0.3) is 0 Å². The molecule has 1 rings (SSSR count). The smallest absolute Gasteiger partial charge is 0.391 e. The van der Waals surface area contributed by atoms with Crippen molar-refractivity contribution in [3.8, 4) is 0 Å². The van der Waals surface area contributed by atoms with Crippen LogP contribution >= 0.6 is 0 Å². The number of amides is 2. The van der Waals surface area contributed by atoms with Crippen molar-refractivity contribution in [2.24, 2.45) is 0 Å². The van der Waals surface area contributed by atoms with Gasteiger partial charge in [0.25, 0.3) is 5.56 Å². The predicted octanol–water partition coefficient (Wildman–Crippen LogP) is 1.68. The molecule has 0 radical (unpaired) electrons. The number of hydrogen-bond acceptors (Lipinski definition) is 3. The third-order valence-electron chi connectivity index (χ3n) is 2.60. The Labute approximate surface area is 118 Å². The van der Waals surface area contributed by atoms with Gasteiger partial charge < -0.3 is 20.7 Å². The van der Waals surface area contributed by atoms with Gasteiger partial charge in [0.1, 0.15) is 5.69 Å². The highest BCUT2D eigenvalue weighted by Crippen LogP contribution is 2.28. The molecule has 0 saturated carbocycles. The van der Waals surface area contributed by atoms with Gasteiger partial charge in [-0.3, -0.25) is 4.79 Å². The molecule has 9 heteroatoms. The standard InChI is InChI=1S/C12H16F3N3O3/c1-2-3-8(19)6-17-11(21)18-9-4-7(12(13,14)15)5-16-10(9)20/h4-5,8,19H,2-3,6H2,1H3,(H,16,20)(H2,17,18,21). The maximum atomic E-state index is 12.5. The van der Waals surface area contributed by atoms with E-state index in [-0.39, 0.29) is 6.54 Å². The molecule has 0 aliphatic rings. The van der Waals surface area contributed by atoms with E-state index in [9.17, 15) is 27.9 Å². The minimum Gasteiger partial charge on any atom is -0.391 e. The van der Waals surface area contributed by atoms with Crippen LogP contribution < -0.4 is 16.2 Å². The van der Waals surface area contributed by atoms with E-state index in [1.54, 1.807) is 0 Å². The van der Waals surface area contributed by atoms with Crippen LogP contribution in [-0.2, 0) is 6.18 Å². The highest BCUT2D eigenvalue weighted by molar-refractivity contribution is 5.89. The monoisotopic (exact) mass is 307 g/mol. The fourth-order valence-electron chi connectivity index (χ4n) is 1.55. The van der Waals surface area contributed by atoms with Crippen molar-refractivity contribution in [1.29, 1.82) is 0 Å². The van der Waals surface area contributed by atoms with E-state index in [2.05, 4.69) is 5.32 Å². The first-order chi connectivity index (χ1) is 9.74. The number of alkyl halides is 3. The molecule has 2 amide bonds. The topological polar surface area (TPSA) is 94.2 Å². The van der Waals surface area contributed by atoms with Crippen LogP contribution in [0.3, 0.4) is 0 Å². The van der Waals surface area contributed by atoms with E-state index in [1.807, 2.05) is 17.2 Å². The maximum Gasteiger partial charge on any atom is 0.417 e. The van der Waals surface area contributed by atoms with E-state index in [1.165, 1.54) is 0 Å². The second-order valence-corrected chi connectivity index (χ2v) is 4.41. The molecule has 0 fully saturated rings. The van der Waals surface area contributed by atoms with Gasteiger partial charge in [0.15, 0.2) is 0 Å². The number of halogens is 3. The van der Waals surface area contributed by atoms with Crippen molar-refractivity contribution in [1.82, 2.24) is 10.3 Å². The number of H-pyrrole nitrogens is 1. The average Bonchev–Trinajstić information content (AvgIpc) is 2.38. The molecule has 1 unspecified atom stereocenters. The predicted molar refractivity (Wildman–Crippen MR) is 70.0 cm³/mol. The van der Waals surface area contributed by atoms with Gasteiger partial charge in [-0.05, 0) is 12.5 Å². The van der Waals surface area contributed by atoms with Crippen molar-refractivity contribution >= 4 is 11.7 Å². The van der Waals surface area contributed by atoms with E-state index in [4.69, 9.17) is 0 Å². The van der Waals surface area contributed by atoms with Crippen LogP contribution in [-0.4, -0.2) is 28.8 Å². The molecule has 0 spiro atoms. The minimum atomic E-state index is -4.63. The zero-order valence-electron chi connectivity index (χ0n) is 11.3. The lowest BCUT2D eigenvalue weighted by Gasteiger charge is -2.12. The molecule has 0 aliphatic heterocycles. The quantitative estimate of drug-likeness (QED) is 0.666. The summed E-state index contributed by atoms with van der Waals surface area (Å²) in [4.78, 5) is 24.7. The summed E-state index contributed by atoms with van der Waals surface area (Å²) in [5.41, 5.74) is -2.46. The van der Waals surface area contributed by atoms with Crippen LogP contribution in [0.15, 0.2) is 17.1 Å². The molecule has 21 heavy (non-hydrogen) atoms. The summed E-state index contributed by atoms with van der Waals surface area (Å²) in [5, 5.41) is 13.7. The van der Waals surface area contributed by atoms with Gasteiger partial charge in [-0.15, -0.1) is 0 Å². The number of anilines is 1. The summed E-state index contributed by atoms with van der Waals surface area (Å²) < 4.78 is 37.5. The molecule has 1 aromatic rings. The first-order valence-electron chi connectivity index (χ1n) is 6.27. The number of aliphatic hydroxyl groups is 1. The first-order valence-corrected chi connectivity index (χ1v) is 6.27. The van der Waals surface area contributed by atoms with Gasteiger partial charge in [0.2, 0.25) is 0 Å². The second kappa shape index (κ2) is 7.11. The number of urea groups is 1. The van der Waals surface area contributed by atoms with Crippen LogP contribution in [0.2, 0.25) is 0 Å². The zero-order valence-corrected chi connectivity index (χ0v) is 11.3. The largest absolute Gasteiger partial charge is 0.417 e. The lowest BCUT2D eigenvalue weighted by atomic mass is 10.2. The van der Waals surface area contributed by atoms with Gasteiger partial charge in [-0.1, -0.05) is 13.3 Å². The number of carbonyl (C=O) groups excluding carboxylic acids is 1. The third-order valence-corrected chi connectivity index (χ3v) is 2.60. The third kappa shape index (κ3) is 5.46. The molecule has 0 saturated heterocycles. The van der Waals surface area contributed by atoms with Crippen LogP contribution in [0.4, 0.5) is 23.7 Å². The van der Waals surface area contributed by atoms with E-state index in [0.717, 1.165) is 6.42 Å². The van der Waals surface area contributed by atoms with E-state index in [0.29, 0.717) is 18.7 Å². The molecule has 4 N–H and O–H groups in total. The number of pyridine rings is 1. The Morgan fingerprint density at radius 1 is 1.48 bits per heavy atom. The van der Waals surface area contributed by atoms with Crippen molar-refractivity contribution in [3.05, 3.63) is 28.2 Å². The van der Waals surface area contributed by atoms with Gasteiger partial charge >= 0.3 is 12.2 Å². The Balaban J connectivity index is 2.70. The van der Waals surface area contributed by atoms with Crippen LogP contribution in [0.5, 0.6) is 0 Å². The van der Waals surface area contributed by atoms with Crippen LogP contribution in [0, 0.1) is 0 Å². The molecule has 0 aliphatic carbocycles. The summed E-state index contributed by atoms with van der Waals surface area (Å²) in [6.45, 7) is 1.79. The molecule has 1 atom stereocenters. The Morgan fingerprint density at radius 2 is 2.14 bits per heavy atom. The van der Waals surface area contributed by atoms with Crippen molar-refractivity contribution in [3.63, 3.8) is 0 Å². The number of aliphatic hydroxyl groups excluding tert-OH is 1. The normalized spacial score (nSPS) is 12.8. The fraction of sp³-hybridized carbons (Fsp3) is 0.500. The molecule has 0 aromatic carbocycles. The molecular weight excluding hydrogens is 291 g/mol. The maximum absolute atomic E-state index is 12.5. The highest BCUT2D eigenvalue weighted by Gasteiger charge is 2.31. The molecular formula is C12H16F3N3O3. The molecule has 1 heterocycles. The van der Waals surface area contributed by atoms with Crippen molar-refractivity contribution in [2.75, 3.05) is 11.9 Å². The fourth-order valence-corrected chi connectivity index (χ4v) is 1.55. The molecule has 0 bridgehead atoms. The highest BCUT2D eigenvalue weighted by atomic mass is 19.4. The Hall–Kier alpha value is -2.03. The van der Waals surface area contributed by atoms with E-state index >= 15 is 0 Å². The Kier molecular flexibility index (Phi) is 5.77. The summed E-state index contributed by atoms with van der Waals surface area (Å²) in [6, 6.07) is -0.323. The molecule has 118 valence electrons. The van der Waals surface area contributed by atoms with Gasteiger partial charge in [-0.25, -0.2) is 4.79 Å². The van der Waals surface area contributed by atoms with Crippen molar-refractivity contribution < 1.29 is 23.1 Å². The summed E-state index contributed by atoms with van der Waals surface area (Å²) in [5.74, 6) is 0. The number of nitrogens with one attached hydrogen (secondary N) is 3. The average molecular weight is 307 g/mol. The summed E-state index contributed by atoms with van der Waals surface area (Å²) in [7, 11) is 0. The second-order valence-electron chi connectivity index (χ2n) is 4.41. The Bertz CT molecular complexity index is 543. The van der Waals surface area contributed by atoms with Gasteiger partial charge in [0.05, 0.1) is 11.7 Å². The van der Waals surface area contributed by atoms with Gasteiger partial charge in [0, 0.05) is 12.7 Å². The summed E-state index contributed by atoms with van der Waals surface area (Å²) in [6.07, 6.45) is -3.66. The molecule has 1 aromatic heterocycles. The lowest BCUT2D eigenvalue weighted by Crippen LogP contribution is -2.36. The minimum absolute atomic E-state index is 0.0590. The first kappa shape index (κ1) is 17.0. The lowest BCUT2D eigenvalue weighted by molar-refractivity contribution is -0.137. The number of aromatic nitrogens is 1. The molecule has 6 nitrogen and oxygen atoms in total. The number of hydrogen-bond donors (Lipinski definition) is 4. The van der Waals surface area contributed by atoms with Gasteiger partial charge in [-0.2, -0.15) is 13.2 Å². The zero-order chi connectivity index (χ0) is 16.0. The van der Waals surface area contributed by atoms with E-state index < -0.39 is 35.1 Å².